The van der Waals surface area contributed by atoms with Crippen LogP contribution in [0.5, 0.6) is 0 Å². The molecule has 0 saturated heterocycles. The number of benzene rings is 2. The van der Waals surface area contributed by atoms with Crippen LogP contribution < -0.4 is 0 Å². The van der Waals surface area contributed by atoms with Crippen molar-refractivity contribution in [1.29, 1.82) is 0 Å². The lowest BCUT2D eigenvalue weighted by Crippen LogP contribution is -2.18. The average molecular weight is 286 g/mol. The summed E-state index contributed by atoms with van der Waals surface area (Å²) in [6, 6.07) is 12.9. The van der Waals surface area contributed by atoms with Crippen LogP contribution in [-0.2, 0) is 11.2 Å². The predicted octanol–water partition coefficient (Wildman–Crippen LogP) is 3.87. The van der Waals surface area contributed by atoms with Crippen molar-refractivity contribution in [2.24, 2.45) is 0 Å². The number of aryl methyl sites for hydroxylation is 1. The Morgan fingerprint density at radius 3 is 2.95 bits per heavy atom. The molecule has 1 heterocycles. The molecule has 0 radical (unpaired) electrons. The summed E-state index contributed by atoms with van der Waals surface area (Å²) in [4.78, 5) is 0. The molecule has 0 amide bonds. The number of rotatable bonds is 3. The first-order valence-corrected chi connectivity index (χ1v) is 7.28. The zero-order valence-corrected chi connectivity index (χ0v) is 12.1. The van der Waals surface area contributed by atoms with Crippen LogP contribution >= 0.6 is 0 Å². The monoisotopic (exact) mass is 286 g/mol. The maximum absolute atomic E-state index is 13.9. The molecular formula is C18H19FO2. The van der Waals surface area contributed by atoms with Gasteiger partial charge in [-0.3, -0.25) is 0 Å². The minimum absolute atomic E-state index is 0.176. The second-order valence-corrected chi connectivity index (χ2v) is 5.58. The highest BCUT2D eigenvalue weighted by atomic mass is 19.1. The molecule has 2 nitrogen and oxygen atoms in total. The Kier molecular flexibility index (Phi) is 4.04. The van der Waals surface area contributed by atoms with Crippen LogP contribution in [0.1, 0.15) is 40.9 Å². The van der Waals surface area contributed by atoms with Gasteiger partial charge in [0.05, 0.1) is 18.8 Å². The number of hydrogen-bond acceptors (Lipinski definition) is 2. The molecule has 1 N–H and O–H groups in total. The summed E-state index contributed by atoms with van der Waals surface area (Å²) in [5, 5.41) is 10.4. The highest BCUT2D eigenvalue weighted by Crippen LogP contribution is 2.35. The van der Waals surface area contributed by atoms with Crippen LogP contribution in [-0.4, -0.2) is 11.7 Å². The SMILES string of the molecule is Cc1ccc(F)c(C(O)CC2OCCc3ccccc32)c1. The number of aliphatic hydroxyl groups is 1. The fourth-order valence-corrected chi connectivity index (χ4v) is 2.92. The van der Waals surface area contributed by atoms with Crippen molar-refractivity contribution in [1.82, 2.24) is 0 Å². The van der Waals surface area contributed by atoms with Gasteiger partial charge in [-0.15, -0.1) is 0 Å². The number of ether oxygens (including phenoxy) is 1. The van der Waals surface area contributed by atoms with Crippen molar-refractivity contribution in [3.8, 4) is 0 Å². The van der Waals surface area contributed by atoms with Crippen molar-refractivity contribution in [3.05, 3.63) is 70.5 Å². The van der Waals surface area contributed by atoms with Gasteiger partial charge in [0.1, 0.15) is 5.82 Å². The van der Waals surface area contributed by atoms with Gasteiger partial charge in [0.2, 0.25) is 0 Å². The standard InChI is InChI=1S/C18H19FO2/c1-12-6-7-16(19)15(10-12)17(20)11-18-14-5-3-2-4-13(14)8-9-21-18/h2-7,10,17-18,20H,8-9,11H2,1H3. The molecule has 3 rings (SSSR count). The molecule has 2 unspecified atom stereocenters. The lowest BCUT2D eigenvalue weighted by molar-refractivity contribution is 0.00303. The van der Waals surface area contributed by atoms with E-state index in [-0.39, 0.29) is 11.9 Å². The van der Waals surface area contributed by atoms with E-state index < -0.39 is 6.10 Å². The normalized spacial score (nSPS) is 19.1. The predicted molar refractivity (Wildman–Crippen MR) is 79.6 cm³/mol. The van der Waals surface area contributed by atoms with Crippen LogP contribution in [0.4, 0.5) is 4.39 Å². The fourth-order valence-electron chi connectivity index (χ4n) is 2.92. The van der Waals surface area contributed by atoms with Crippen molar-refractivity contribution in [3.63, 3.8) is 0 Å². The first-order valence-electron chi connectivity index (χ1n) is 7.28. The Morgan fingerprint density at radius 1 is 1.29 bits per heavy atom. The van der Waals surface area contributed by atoms with E-state index in [4.69, 9.17) is 4.74 Å². The molecule has 0 saturated carbocycles. The van der Waals surface area contributed by atoms with E-state index in [1.54, 1.807) is 12.1 Å². The van der Waals surface area contributed by atoms with E-state index in [1.807, 2.05) is 25.1 Å². The van der Waals surface area contributed by atoms with Crippen molar-refractivity contribution >= 4 is 0 Å². The zero-order valence-electron chi connectivity index (χ0n) is 12.1. The summed E-state index contributed by atoms with van der Waals surface area (Å²) in [5.41, 5.74) is 3.65. The smallest absolute Gasteiger partial charge is 0.129 e. The summed E-state index contributed by atoms with van der Waals surface area (Å²) in [5.74, 6) is -0.364. The van der Waals surface area contributed by atoms with Crippen LogP contribution in [0, 0.1) is 12.7 Å². The summed E-state index contributed by atoms with van der Waals surface area (Å²) in [6.45, 7) is 2.53. The third-order valence-corrected chi connectivity index (χ3v) is 4.04. The molecule has 0 bridgehead atoms. The van der Waals surface area contributed by atoms with Gasteiger partial charge in [-0.25, -0.2) is 4.39 Å². The van der Waals surface area contributed by atoms with Gasteiger partial charge in [0.25, 0.3) is 0 Å². The van der Waals surface area contributed by atoms with E-state index in [1.165, 1.54) is 11.6 Å². The summed E-state index contributed by atoms with van der Waals surface area (Å²) in [6.07, 6.45) is 0.227. The second-order valence-electron chi connectivity index (χ2n) is 5.58. The van der Waals surface area contributed by atoms with E-state index in [9.17, 15) is 9.50 Å². The molecule has 2 aromatic carbocycles. The van der Waals surface area contributed by atoms with Gasteiger partial charge in [-0.1, -0.05) is 42.0 Å². The molecule has 21 heavy (non-hydrogen) atoms. The lowest BCUT2D eigenvalue weighted by atomic mass is 9.92. The Morgan fingerprint density at radius 2 is 2.10 bits per heavy atom. The molecule has 1 aliphatic rings. The third-order valence-electron chi connectivity index (χ3n) is 4.04. The van der Waals surface area contributed by atoms with Gasteiger partial charge in [0, 0.05) is 12.0 Å². The van der Waals surface area contributed by atoms with E-state index >= 15 is 0 Å². The average Bonchev–Trinajstić information content (AvgIpc) is 2.50. The maximum atomic E-state index is 13.9. The maximum Gasteiger partial charge on any atom is 0.129 e. The minimum atomic E-state index is -0.860. The third kappa shape index (κ3) is 2.99. The molecule has 2 aromatic rings. The van der Waals surface area contributed by atoms with Gasteiger partial charge in [-0.2, -0.15) is 0 Å². The molecule has 2 atom stereocenters. The van der Waals surface area contributed by atoms with Gasteiger partial charge in [-0.05, 0) is 30.5 Å². The van der Waals surface area contributed by atoms with Crippen LogP contribution in [0.2, 0.25) is 0 Å². The summed E-state index contributed by atoms with van der Waals surface area (Å²) >= 11 is 0. The molecule has 0 aromatic heterocycles. The second kappa shape index (κ2) is 5.96. The molecule has 0 aliphatic carbocycles. The Balaban J connectivity index is 1.82. The van der Waals surface area contributed by atoms with E-state index in [0.29, 0.717) is 18.6 Å². The molecule has 1 aliphatic heterocycles. The van der Waals surface area contributed by atoms with E-state index in [2.05, 4.69) is 6.07 Å². The minimum Gasteiger partial charge on any atom is -0.388 e. The highest BCUT2D eigenvalue weighted by Gasteiger charge is 2.25. The Hall–Kier alpha value is -1.71. The topological polar surface area (TPSA) is 29.5 Å². The summed E-state index contributed by atoms with van der Waals surface area (Å²) in [7, 11) is 0. The fraction of sp³-hybridized carbons (Fsp3) is 0.333. The van der Waals surface area contributed by atoms with E-state index in [0.717, 1.165) is 17.5 Å². The molecule has 3 heteroatoms. The van der Waals surface area contributed by atoms with Crippen LogP contribution in [0.25, 0.3) is 0 Å². The van der Waals surface area contributed by atoms with Gasteiger partial charge < -0.3 is 9.84 Å². The quantitative estimate of drug-likeness (QED) is 0.928. The van der Waals surface area contributed by atoms with Gasteiger partial charge >= 0.3 is 0 Å². The lowest BCUT2D eigenvalue weighted by Gasteiger charge is -2.28. The van der Waals surface area contributed by atoms with Gasteiger partial charge in [0.15, 0.2) is 0 Å². The van der Waals surface area contributed by atoms with Crippen LogP contribution in [0.15, 0.2) is 42.5 Å². The Labute approximate surface area is 124 Å². The zero-order chi connectivity index (χ0) is 14.8. The molecule has 0 spiro atoms. The molecule has 110 valence electrons. The largest absolute Gasteiger partial charge is 0.388 e. The number of halogens is 1. The number of fused-ring (bicyclic) bond motifs is 1. The highest BCUT2D eigenvalue weighted by molar-refractivity contribution is 5.32. The van der Waals surface area contributed by atoms with Crippen LogP contribution in [0.3, 0.4) is 0 Å². The number of hydrogen-bond donors (Lipinski definition) is 1. The molecular weight excluding hydrogens is 267 g/mol. The first kappa shape index (κ1) is 14.2. The van der Waals surface area contributed by atoms with Crippen molar-refractivity contribution in [2.45, 2.75) is 32.0 Å². The first-order chi connectivity index (χ1) is 10.1. The molecule has 0 fully saturated rings. The van der Waals surface area contributed by atoms with Crippen molar-refractivity contribution in [2.75, 3.05) is 6.61 Å². The van der Waals surface area contributed by atoms with Crippen molar-refractivity contribution < 1.29 is 14.2 Å². The number of aliphatic hydroxyl groups excluding tert-OH is 1. The Bertz CT molecular complexity index is 639. The summed E-state index contributed by atoms with van der Waals surface area (Å²) < 4.78 is 19.7.